The Balaban J connectivity index is 1.31. The Morgan fingerprint density at radius 3 is 2.32 bits per heavy atom. The highest BCUT2D eigenvalue weighted by Crippen LogP contribution is 2.26. The van der Waals surface area contributed by atoms with Crippen molar-refractivity contribution in [1.82, 2.24) is 13.5 Å². The number of piperazine rings is 1. The monoisotopic (exact) mass is 450 g/mol. The zero-order valence-electron chi connectivity index (χ0n) is 18.6. The summed E-state index contributed by atoms with van der Waals surface area (Å²) in [5, 5.41) is 0. The Morgan fingerprint density at radius 1 is 1.00 bits per heavy atom. The number of amides is 1. The minimum atomic E-state index is -3.45. The van der Waals surface area contributed by atoms with Crippen molar-refractivity contribution in [3.63, 3.8) is 0 Å². The van der Waals surface area contributed by atoms with Gasteiger partial charge >= 0.3 is 0 Å². The van der Waals surface area contributed by atoms with Gasteiger partial charge in [0.05, 0.1) is 13.2 Å². The lowest BCUT2D eigenvalue weighted by molar-refractivity contribution is -0.137. The number of piperidine rings is 1. The third-order valence-corrected chi connectivity index (χ3v) is 8.73. The normalized spacial score (nSPS) is 25.0. The average Bonchev–Trinajstić information content (AvgIpc) is 2.79. The van der Waals surface area contributed by atoms with Crippen LogP contribution in [0.3, 0.4) is 0 Å². The van der Waals surface area contributed by atoms with E-state index in [1.54, 1.807) is 4.31 Å². The van der Waals surface area contributed by atoms with Crippen molar-refractivity contribution in [2.75, 3.05) is 63.9 Å². The molecule has 0 aromatic heterocycles. The summed E-state index contributed by atoms with van der Waals surface area (Å²) in [5.41, 5.74) is 2.45. The zero-order chi connectivity index (χ0) is 22.0. The van der Waals surface area contributed by atoms with Gasteiger partial charge in [0.15, 0.2) is 0 Å². The second-order valence-electron chi connectivity index (χ2n) is 8.86. The number of aryl methyl sites for hydroxylation is 1. The Morgan fingerprint density at radius 2 is 1.68 bits per heavy atom. The molecule has 0 spiro atoms. The van der Waals surface area contributed by atoms with Gasteiger partial charge in [0.2, 0.25) is 5.91 Å². The van der Waals surface area contributed by atoms with Gasteiger partial charge in [-0.3, -0.25) is 4.79 Å². The van der Waals surface area contributed by atoms with Crippen LogP contribution in [0.15, 0.2) is 24.3 Å². The maximum Gasteiger partial charge on any atom is 0.282 e. The molecule has 172 valence electrons. The number of anilines is 1. The number of morpholine rings is 1. The van der Waals surface area contributed by atoms with Crippen LogP contribution in [0.1, 0.15) is 25.3 Å². The molecule has 1 aromatic rings. The van der Waals surface area contributed by atoms with Crippen molar-refractivity contribution < 1.29 is 17.9 Å². The molecule has 3 aliphatic rings. The molecule has 3 aliphatic heterocycles. The number of ether oxygens (including phenoxy) is 1. The maximum absolute atomic E-state index is 13.2. The van der Waals surface area contributed by atoms with Gasteiger partial charge in [0.25, 0.3) is 10.2 Å². The van der Waals surface area contributed by atoms with Gasteiger partial charge in [-0.05, 0) is 44.4 Å². The van der Waals surface area contributed by atoms with E-state index in [9.17, 15) is 13.2 Å². The molecular weight excluding hydrogens is 416 g/mol. The van der Waals surface area contributed by atoms with Gasteiger partial charge in [-0.25, -0.2) is 0 Å². The quantitative estimate of drug-likeness (QED) is 0.692. The molecule has 3 heterocycles. The SMILES string of the molecule is Cc1cccc(N2CCN(C(=O)C3CCN(S(=O)(=O)N4CCOCC4)CC3)C[C@H]2C)c1. The molecule has 9 heteroatoms. The predicted molar refractivity (Wildman–Crippen MR) is 120 cm³/mol. The minimum absolute atomic E-state index is 0.0890. The molecule has 0 saturated carbocycles. The van der Waals surface area contributed by atoms with Crippen LogP contribution in [0.2, 0.25) is 0 Å². The lowest BCUT2D eigenvalue weighted by Gasteiger charge is -2.43. The van der Waals surface area contributed by atoms with Crippen LogP contribution >= 0.6 is 0 Å². The van der Waals surface area contributed by atoms with Crippen molar-refractivity contribution in [3.05, 3.63) is 29.8 Å². The first-order valence-corrected chi connectivity index (χ1v) is 12.7. The van der Waals surface area contributed by atoms with Crippen molar-refractivity contribution in [2.24, 2.45) is 5.92 Å². The summed E-state index contributed by atoms with van der Waals surface area (Å²) in [6.07, 6.45) is 1.18. The van der Waals surface area contributed by atoms with E-state index in [2.05, 4.69) is 43.0 Å². The topological polar surface area (TPSA) is 73.4 Å². The summed E-state index contributed by atoms with van der Waals surface area (Å²) in [6, 6.07) is 8.75. The largest absolute Gasteiger partial charge is 0.379 e. The number of benzene rings is 1. The Kier molecular flexibility index (Phi) is 6.86. The summed E-state index contributed by atoms with van der Waals surface area (Å²) in [6.45, 7) is 9.03. The molecular formula is C22H34N4O4S. The lowest BCUT2D eigenvalue weighted by atomic mass is 9.95. The molecule has 1 atom stereocenters. The van der Waals surface area contributed by atoms with Crippen molar-refractivity contribution in [3.8, 4) is 0 Å². The molecule has 0 unspecified atom stereocenters. The van der Waals surface area contributed by atoms with Gasteiger partial charge in [-0.15, -0.1) is 0 Å². The first kappa shape index (κ1) is 22.5. The molecule has 4 rings (SSSR count). The van der Waals surface area contributed by atoms with Crippen LogP contribution in [0, 0.1) is 12.8 Å². The van der Waals surface area contributed by atoms with Crippen LogP contribution in [0.4, 0.5) is 5.69 Å². The van der Waals surface area contributed by atoms with Gasteiger partial charge in [-0.1, -0.05) is 12.1 Å². The molecule has 1 aromatic carbocycles. The molecule has 0 aliphatic carbocycles. The van der Waals surface area contributed by atoms with Gasteiger partial charge in [0, 0.05) is 63.5 Å². The van der Waals surface area contributed by atoms with E-state index in [1.807, 2.05) is 4.90 Å². The van der Waals surface area contributed by atoms with E-state index < -0.39 is 10.2 Å². The van der Waals surface area contributed by atoms with E-state index in [0.717, 1.165) is 6.54 Å². The average molecular weight is 451 g/mol. The molecule has 0 bridgehead atoms. The van der Waals surface area contributed by atoms with E-state index in [0.29, 0.717) is 65.3 Å². The second-order valence-corrected chi connectivity index (χ2v) is 10.8. The first-order valence-electron chi connectivity index (χ1n) is 11.3. The van der Waals surface area contributed by atoms with Crippen molar-refractivity contribution >= 4 is 21.8 Å². The number of carbonyl (C=O) groups is 1. The van der Waals surface area contributed by atoms with E-state index in [4.69, 9.17) is 4.74 Å². The van der Waals surface area contributed by atoms with Crippen LogP contribution in [-0.4, -0.2) is 92.9 Å². The second kappa shape index (κ2) is 9.44. The molecule has 8 nitrogen and oxygen atoms in total. The Labute approximate surface area is 185 Å². The lowest BCUT2D eigenvalue weighted by Crippen LogP contribution is -2.56. The highest BCUT2D eigenvalue weighted by Gasteiger charge is 2.37. The van der Waals surface area contributed by atoms with Crippen molar-refractivity contribution in [1.29, 1.82) is 0 Å². The third kappa shape index (κ3) is 4.89. The third-order valence-electron chi connectivity index (χ3n) is 6.70. The fourth-order valence-electron chi connectivity index (χ4n) is 4.88. The maximum atomic E-state index is 13.2. The highest BCUT2D eigenvalue weighted by atomic mass is 32.2. The number of rotatable bonds is 4. The number of carbonyl (C=O) groups excluding carboxylic acids is 1. The van der Waals surface area contributed by atoms with Crippen LogP contribution in [-0.2, 0) is 19.7 Å². The number of hydrogen-bond donors (Lipinski definition) is 0. The molecule has 0 N–H and O–H groups in total. The highest BCUT2D eigenvalue weighted by molar-refractivity contribution is 7.86. The van der Waals surface area contributed by atoms with E-state index >= 15 is 0 Å². The van der Waals surface area contributed by atoms with Crippen LogP contribution < -0.4 is 4.90 Å². The minimum Gasteiger partial charge on any atom is -0.379 e. The first-order chi connectivity index (χ1) is 14.9. The van der Waals surface area contributed by atoms with Crippen LogP contribution in [0.25, 0.3) is 0 Å². The summed E-state index contributed by atoms with van der Waals surface area (Å²) < 4.78 is 34.0. The fourth-order valence-corrected chi connectivity index (χ4v) is 6.49. The molecule has 3 saturated heterocycles. The molecule has 1 amide bonds. The fraction of sp³-hybridized carbons (Fsp3) is 0.682. The van der Waals surface area contributed by atoms with E-state index in [-0.39, 0.29) is 17.9 Å². The smallest absolute Gasteiger partial charge is 0.282 e. The number of nitrogens with zero attached hydrogens (tertiary/aromatic N) is 4. The van der Waals surface area contributed by atoms with Crippen molar-refractivity contribution in [2.45, 2.75) is 32.7 Å². The summed E-state index contributed by atoms with van der Waals surface area (Å²) in [4.78, 5) is 17.5. The summed E-state index contributed by atoms with van der Waals surface area (Å²) >= 11 is 0. The van der Waals surface area contributed by atoms with Gasteiger partial charge in [0.1, 0.15) is 0 Å². The summed E-state index contributed by atoms with van der Waals surface area (Å²) in [7, 11) is -3.45. The Bertz CT molecular complexity index is 879. The van der Waals surface area contributed by atoms with Gasteiger partial charge < -0.3 is 14.5 Å². The number of hydrogen-bond acceptors (Lipinski definition) is 5. The molecule has 3 fully saturated rings. The van der Waals surface area contributed by atoms with Crippen LogP contribution in [0.5, 0.6) is 0 Å². The molecule has 31 heavy (non-hydrogen) atoms. The summed E-state index contributed by atoms with van der Waals surface area (Å²) in [5.74, 6) is 0.0908. The van der Waals surface area contributed by atoms with E-state index in [1.165, 1.54) is 15.6 Å². The standard InChI is InChI=1S/C22H34N4O4S/c1-18-4-3-5-21(16-18)26-11-10-23(17-19(26)2)22(27)20-6-8-24(9-7-20)31(28,29)25-12-14-30-15-13-25/h3-5,16,19-20H,6-15,17H2,1-2H3/t19-/m1/s1. The Hall–Kier alpha value is -1.68. The zero-order valence-corrected chi connectivity index (χ0v) is 19.4. The molecule has 0 radical (unpaired) electrons. The predicted octanol–water partition coefficient (Wildman–Crippen LogP) is 1.32. The van der Waals surface area contributed by atoms with Gasteiger partial charge in [-0.2, -0.15) is 17.0 Å².